The quantitative estimate of drug-likeness (QED) is 0.619. The van der Waals surface area contributed by atoms with Crippen LogP contribution in [0.25, 0.3) is 0 Å². The van der Waals surface area contributed by atoms with Crippen molar-refractivity contribution < 1.29 is 32.9 Å². The summed E-state index contributed by atoms with van der Waals surface area (Å²) in [6.45, 7) is -0.307. The first-order valence-electron chi connectivity index (χ1n) is 8.28. The second-order valence-electron chi connectivity index (χ2n) is 6.07. The molecule has 4 atom stereocenters. The molecule has 1 fully saturated rings. The van der Waals surface area contributed by atoms with Gasteiger partial charge in [-0.3, -0.25) is 4.98 Å². The summed E-state index contributed by atoms with van der Waals surface area (Å²) in [4.78, 5) is 6.87. The van der Waals surface area contributed by atoms with Crippen LogP contribution < -0.4 is 10.1 Å². The van der Waals surface area contributed by atoms with Crippen LogP contribution in [0.5, 0.6) is 5.88 Å². The molecule has 1 aliphatic heterocycles. The molecule has 1 saturated heterocycles. The molecule has 2 aromatic heterocycles. The van der Waals surface area contributed by atoms with Gasteiger partial charge in [-0.1, -0.05) is 0 Å². The minimum atomic E-state index is -4.66. The van der Waals surface area contributed by atoms with Crippen LogP contribution in [0.2, 0.25) is 0 Å². The van der Waals surface area contributed by atoms with E-state index in [2.05, 4.69) is 25.5 Å². The second-order valence-corrected chi connectivity index (χ2v) is 6.07. The number of aromatic nitrogens is 4. The topological polar surface area (TPSA) is 146 Å². The van der Waals surface area contributed by atoms with Gasteiger partial charge in [0.1, 0.15) is 36.8 Å². The molecule has 0 bridgehead atoms. The minimum absolute atomic E-state index is 0.0915. The molecule has 3 rings (SSSR count). The van der Waals surface area contributed by atoms with Crippen LogP contribution in [0.3, 0.4) is 0 Å². The number of hydrogen-bond donors (Lipinski definition) is 3. The predicted molar refractivity (Wildman–Crippen MR) is 88.4 cm³/mol. The van der Waals surface area contributed by atoms with Gasteiger partial charge in [0.25, 0.3) is 0 Å². The van der Waals surface area contributed by atoms with Gasteiger partial charge in [0.15, 0.2) is 11.4 Å². The molecule has 154 valence electrons. The van der Waals surface area contributed by atoms with Crippen LogP contribution in [0.1, 0.15) is 11.4 Å². The summed E-state index contributed by atoms with van der Waals surface area (Å²) in [5.41, 5.74) is -1.09. The third-order valence-corrected chi connectivity index (χ3v) is 4.04. The van der Waals surface area contributed by atoms with Crippen LogP contribution >= 0.6 is 0 Å². The Morgan fingerprint density at radius 1 is 1.24 bits per heavy atom. The van der Waals surface area contributed by atoms with E-state index >= 15 is 0 Å². The summed E-state index contributed by atoms with van der Waals surface area (Å²) in [6.07, 6.45) is -6.72. The van der Waals surface area contributed by atoms with E-state index in [9.17, 15) is 23.4 Å². The van der Waals surface area contributed by atoms with Crippen molar-refractivity contribution in [3.63, 3.8) is 0 Å². The van der Waals surface area contributed by atoms with Crippen molar-refractivity contribution in [2.24, 2.45) is 0 Å². The van der Waals surface area contributed by atoms with Crippen molar-refractivity contribution in [1.29, 1.82) is 5.26 Å². The third-order valence-electron chi connectivity index (χ3n) is 4.04. The molecule has 10 nitrogen and oxygen atoms in total. The summed E-state index contributed by atoms with van der Waals surface area (Å²) >= 11 is 0. The lowest BCUT2D eigenvalue weighted by atomic mass is 9.98. The van der Waals surface area contributed by atoms with E-state index in [1.165, 1.54) is 12.1 Å². The average Bonchev–Trinajstić information content (AvgIpc) is 2.71. The third kappa shape index (κ3) is 5.05. The van der Waals surface area contributed by atoms with Crippen molar-refractivity contribution in [1.82, 2.24) is 20.2 Å². The molecule has 0 radical (unpaired) electrons. The first-order valence-corrected chi connectivity index (χ1v) is 8.28. The number of aliphatic hydroxyl groups is 2. The molecule has 29 heavy (non-hydrogen) atoms. The lowest BCUT2D eigenvalue weighted by Gasteiger charge is -2.37. The maximum Gasteiger partial charge on any atom is 0.434 e. The number of halogens is 3. The van der Waals surface area contributed by atoms with Gasteiger partial charge < -0.3 is 25.0 Å². The first-order chi connectivity index (χ1) is 13.8. The fourth-order valence-corrected chi connectivity index (χ4v) is 2.54. The highest BCUT2D eigenvalue weighted by Crippen LogP contribution is 2.28. The van der Waals surface area contributed by atoms with Gasteiger partial charge in [0, 0.05) is 6.07 Å². The van der Waals surface area contributed by atoms with E-state index in [0.717, 1.165) is 6.20 Å². The monoisotopic (exact) mass is 412 g/mol. The largest absolute Gasteiger partial charge is 0.474 e. The highest BCUT2D eigenvalue weighted by molar-refractivity contribution is 5.34. The Labute approximate surface area is 162 Å². The van der Waals surface area contributed by atoms with Crippen LogP contribution in [-0.2, 0) is 10.9 Å². The Morgan fingerprint density at radius 3 is 2.69 bits per heavy atom. The number of alkyl halides is 3. The standard InChI is InChI=1S/C16H15F3N6O4/c17-16(18,19)11-4-21-5-12(23-11)22-9-6-28-10(15(27)14(9)26)7-29-13-2-1-8(3-20)24-25-13/h1-2,4-5,9-10,14-15,26-27H,6-7H2,(H,22,23)/t9-,10+,14+,15-/m0/s1. The Kier molecular flexibility index (Phi) is 6.06. The highest BCUT2D eigenvalue weighted by Gasteiger charge is 2.39. The lowest BCUT2D eigenvalue weighted by molar-refractivity contribution is -0.150. The Balaban J connectivity index is 1.57. The fourth-order valence-electron chi connectivity index (χ4n) is 2.54. The van der Waals surface area contributed by atoms with E-state index in [1.54, 1.807) is 6.07 Å². The zero-order chi connectivity index (χ0) is 21.0. The second kappa shape index (κ2) is 8.52. The number of ether oxygens (including phenoxy) is 2. The van der Waals surface area contributed by atoms with Gasteiger partial charge in [-0.2, -0.15) is 18.4 Å². The van der Waals surface area contributed by atoms with Gasteiger partial charge in [-0.05, 0) is 6.07 Å². The van der Waals surface area contributed by atoms with Crippen molar-refractivity contribution in [3.05, 3.63) is 35.9 Å². The summed E-state index contributed by atoms with van der Waals surface area (Å²) in [5, 5.41) is 39.0. The zero-order valence-corrected chi connectivity index (χ0v) is 14.6. The molecule has 0 aliphatic carbocycles. The summed E-state index contributed by atoms with van der Waals surface area (Å²) in [6, 6.07) is 3.69. The van der Waals surface area contributed by atoms with Crippen molar-refractivity contribution in [2.75, 3.05) is 18.5 Å². The first kappa shape index (κ1) is 20.6. The number of nitrogens with zero attached hydrogens (tertiary/aromatic N) is 5. The SMILES string of the molecule is N#Cc1ccc(OC[C@H]2OC[C@H](Nc3cncc(C(F)(F)F)n3)[C@@H](O)[C@H]2O)nn1. The minimum Gasteiger partial charge on any atom is -0.474 e. The van der Waals surface area contributed by atoms with E-state index in [0.29, 0.717) is 6.20 Å². The average molecular weight is 412 g/mol. The molecule has 0 amide bonds. The molecule has 2 aromatic rings. The molecule has 3 N–H and O–H groups in total. The number of hydrogen-bond acceptors (Lipinski definition) is 10. The number of rotatable bonds is 5. The molecule has 1 aliphatic rings. The van der Waals surface area contributed by atoms with Gasteiger partial charge >= 0.3 is 6.18 Å². The maximum atomic E-state index is 12.7. The van der Waals surface area contributed by atoms with E-state index in [1.807, 2.05) is 0 Å². The highest BCUT2D eigenvalue weighted by atomic mass is 19.4. The van der Waals surface area contributed by atoms with Crippen LogP contribution in [0, 0.1) is 11.3 Å². The molecular weight excluding hydrogens is 397 g/mol. The Hall–Kier alpha value is -3.08. The molecule has 0 aromatic carbocycles. The zero-order valence-electron chi connectivity index (χ0n) is 14.6. The molecule has 13 heteroatoms. The van der Waals surface area contributed by atoms with Gasteiger partial charge in [-0.25, -0.2) is 4.98 Å². The van der Waals surface area contributed by atoms with E-state index in [4.69, 9.17) is 14.7 Å². The van der Waals surface area contributed by atoms with Crippen molar-refractivity contribution in [2.45, 2.75) is 30.5 Å². The smallest absolute Gasteiger partial charge is 0.434 e. The summed E-state index contributed by atoms with van der Waals surface area (Å²) in [5.74, 6) is -0.129. The number of anilines is 1. The molecule has 0 saturated carbocycles. The van der Waals surface area contributed by atoms with Gasteiger partial charge in [0.05, 0.1) is 25.0 Å². The van der Waals surface area contributed by atoms with Crippen LogP contribution in [-0.4, -0.2) is 67.9 Å². The van der Waals surface area contributed by atoms with Gasteiger partial charge in [0.2, 0.25) is 5.88 Å². The molecule has 0 unspecified atom stereocenters. The fraction of sp³-hybridized carbons (Fsp3) is 0.438. The Morgan fingerprint density at radius 2 is 2.03 bits per heavy atom. The van der Waals surface area contributed by atoms with Crippen molar-refractivity contribution >= 4 is 5.82 Å². The van der Waals surface area contributed by atoms with Crippen LogP contribution in [0.15, 0.2) is 24.5 Å². The number of nitriles is 1. The number of nitrogens with one attached hydrogen (secondary N) is 1. The van der Waals surface area contributed by atoms with E-state index in [-0.39, 0.29) is 30.6 Å². The summed E-state index contributed by atoms with van der Waals surface area (Å²) < 4.78 is 48.9. The van der Waals surface area contributed by atoms with E-state index < -0.39 is 36.2 Å². The molecular formula is C16H15F3N6O4. The Bertz CT molecular complexity index is 876. The maximum absolute atomic E-state index is 12.7. The van der Waals surface area contributed by atoms with Gasteiger partial charge in [-0.15, -0.1) is 10.2 Å². The lowest BCUT2D eigenvalue weighted by Crippen LogP contribution is -2.57. The number of aliphatic hydroxyl groups excluding tert-OH is 2. The summed E-state index contributed by atoms with van der Waals surface area (Å²) in [7, 11) is 0. The van der Waals surface area contributed by atoms with Crippen molar-refractivity contribution in [3.8, 4) is 11.9 Å². The van der Waals surface area contributed by atoms with Crippen LogP contribution in [0.4, 0.5) is 19.0 Å². The molecule has 3 heterocycles. The normalized spacial score (nSPS) is 24.6. The predicted octanol–water partition coefficient (Wildman–Crippen LogP) is 0.137. The molecule has 0 spiro atoms.